The van der Waals surface area contributed by atoms with Gasteiger partial charge in [-0.3, -0.25) is 0 Å². The molecule has 0 fully saturated rings. The lowest BCUT2D eigenvalue weighted by atomic mass is 10.2. The number of benzene rings is 2. The maximum absolute atomic E-state index is 5.54. The highest BCUT2D eigenvalue weighted by Crippen LogP contribution is 2.08. The molecule has 0 aliphatic heterocycles. The topological polar surface area (TPSA) is 9.23 Å². The van der Waals surface area contributed by atoms with Gasteiger partial charge in [0.25, 0.3) is 0 Å². The molecule has 0 aromatic heterocycles. The fourth-order valence-corrected chi connectivity index (χ4v) is 1.41. The normalized spacial score (nSPS) is 10.5. The Balaban J connectivity index is 1.83. The van der Waals surface area contributed by atoms with Crippen molar-refractivity contribution < 1.29 is 4.74 Å². The van der Waals surface area contributed by atoms with Crippen LogP contribution in [0.4, 0.5) is 0 Å². The quantitative estimate of drug-likeness (QED) is 0.746. The number of hydrogen-bond acceptors (Lipinski definition) is 1. The molecule has 80 valence electrons. The fourth-order valence-electron chi connectivity index (χ4n) is 1.41. The second-order valence-electron chi connectivity index (χ2n) is 3.44. The minimum Gasteiger partial charge on any atom is -0.490 e. The van der Waals surface area contributed by atoms with Crippen molar-refractivity contribution in [3.63, 3.8) is 0 Å². The SMILES string of the molecule is C(=C/c1ccccc1)/COc1ccccc1. The molecule has 0 saturated heterocycles. The van der Waals surface area contributed by atoms with Crippen LogP contribution in [0.3, 0.4) is 0 Å². The summed E-state index contributed by atoms with van der Waals surface area (Å²) in [7, 11) is 0. The first-order valence-corrected chi connectivity index (χ1v) is 5.34. The largest absolute Gasteiger partial charge is 0.490 e. The summed E-state index contributed by atoms with van der Waals surface area (Å²) in [6.45, 7) is 0.596. The Hall–Kier alpha value is -2.02. The van der Waals surface area contributed by atoms with E-state index in [2.05, 4.69) is 18.2 Å². The van der Waals surface area contributed by atoms with Crippen molar-refractivity contribution in [3.05, 3.63) is 72.3 Å². The molecule has 0 N–H and O–H groups in total. The number of para-hydroxylation sites is 1. The van der Waals surface area contributed by atoms with Crippen LogP contribution >= 0.6 is 0 Å². The third-order valence-electron chi connectivity index (χ3n) is 2.20. The van der Waals surface area contributed by atoms with E-state index in [1.54, 1.807) is 0 Å². The van der Waals surface area contributed by atoms with Crippen LogP contribution in [-0.4, -0.2) is 6.61 Å². The number of rotatable bonds is 4. The molecule has 0 amide bonds. The number of ether oxygens (including phenoxy) is 1. The van der Waals surface area contributed by atoms with Gasteiger partial charge in [-0.1, -0.05) is 54.6 Å². The first kappa shape index (κ1) is 10.5. The molecular weight excluding hydrogens is 196 g/mol. The van der Waals surface area contributed by atoms with Gasteiger partial charge in [0.2, 0.25) is 0 Å². The summed E-state index contributed by atoms with van der Waals surface area (Å²) in [4.78, 5) is 0. The van der Waals surface area contributed by atoms with E-state index in [9.17, 15) is 0 Å². The molecule has 0 spiro atoms. The Bertz CT molecular complexity index is 432. The molecule has 1 heteroatoms. The van der Waals surface area contributed by atoms with Crippen molar-refractivity contribution in [1.29, 1.82) is 0 Å². The van der Waals surface area contributed by atoms with Crippen LogP contribution in [0.25, 0.3) is 6.08 Å². The molecule has 2 aromatic rings. The molecule has 1 nitrogen and oxygen atoms in total. The minimum atomic E-state index is 0.596. The molecule has 2 aromatic carbocycles. The van der Waals surface area contributed by atoms with Crippen LogP contribution in [0.15, 0.2) is 66.7 Å². The van der Waals surface area contributed by atoms with Crippen molar-refractivity contribution in [2.45, 2.75) is 0 Å². The van der Waals surface area contributed by atoms with E-state index in [4.69, 9.17) is 4.74 Å². The van der Waals surface area contributed by atoms with E-state index in [1.807, 2.05) is 54.6 Å². The zero-order valence-electron chi connectivity index (χ0n) is 9.04. The number of hydrogen-bond donors (Lipinski definition) is 0. The Labute approximate surface area is 96.0 Å². The van der Waals surface area contributed by atoms with Crippen molar-refractivity contribution in [2.75, 3.05) is 6.61 Å². The lowest BCUT2D eigenvalue weighted by molar-refractivity contribution is 0.363. The molecule has 2 rings (SSSR count). The third-order valence-corrected chi connectivity index (χ3v) is 2.20. The summed E-state index contributed by atoms with van der Waals surface area (Å²) >= 11 is 0. The molecule has 0 radical (unpaired) electrons. The average molecular weight is 210 g/mol. The second-order valence-corrected chi connectivity index (χ2v) is 3.44. The predicted molar refractivity (Wildman–Crippen MR) is 67.4 cm³/mol. The maximum Gasteiger partial charge on any atom is 0.119 e. The maximum atomic E-state index is 5.54. The van der Waals surface area contributed by atoms with E-state index in [-0.39, 0.29) is 0 Å². The molecule has 16 heavy (non-hydrogen) atoms. The molecule has 0 unspecified atom stereocenters. The van der Waals surface area contributed by atoms with Gasteiger partial charge < -0.3 is 4.74 Å². The zero-order chi connectivity index (χ0) is 11.1. The van der Waals surface area contributed by atoms with Gasteiger partial charge in [0.1, 0.15) is 12.4 Å². The fraction of sp³-hybridized carbons (Fsp3) is 0.0667. The lowest BCUT2D eigenvalue weighted by Crippen LogP contribution is -1.92. The van der Waals surface area contributed by atoms with Crippen LogP contribution in [0.5, 0.6) is 5.75 Å². The standard InChI is InChI=1S/C15H14O/c1-3-8-14(9-4-1)10-7-13-16-15-11-5-2-6-12-15/h1-12H,13H2/b10-7-. The summed E-state index contributed by atoms with van der Waals surface area (Å²) in [5.74, 6) is 0.903. The van der Waals surface area contributed by atoms with Crippen LogP contribution < -0.4 is 4.74 Å². The Morgan fingerprint density at radius 3 is 2.12 bits per heavy atom. The van der Waals surface area contributed by atoms with Crippen molar-refractivity contribution >= 4 is 6.08 Å². The Kier molecular flexibility index (Phi) is 3.78. The molecular formula is C15H14O. The molecule has 0 heterocycles. The molecule has 0 aliphatic carbocycles. The first-order valence-electron chi connectivity index (χ1n) is 5.34. The van der Waals surface area contributed by atoms with Crippen molar-refractivity contribution in [2.24, 2.45) is 0 Å². The highest BCUT2D eigenvalue weighted by Gasteiger charge is 1.87. The highest BCUT2D eigenvalue weighted by molar-refractivity contribution is 5.48. The predicted octanol–water partition coefficient (Wildman–Crippen LogP) is 3.78. The monoisotopic (exact) mass is 210 g/mol. The highest BCUT2D eigenvalue weighted by atomic mass is 16.5. The molecule has 0 bridgehead atoms. The van der Waals surface area contributed by atoms with Crippen molar-refractivity contribution in [3.8, 4) is 5.75 Å². The third kappa shape index (κ3) is 3.28. The van der Waals surface area contributed by atoms with Gasteiger partial charge >= 0.3 is 0 Å². The summed E-state index contributed by atoms with van der Waals surface area (Å²) in [5.41, 5.74) is 1.19. The summed E-state index contributed by atoms with van der Waals surface area (Å²) < 4.78 is 5.54. The molecule has 0 saturated carbocycles. The summed E-state index contributed by atoms with van der Waals surface area (Å²) in [6.07, 6.45) is 4.07. The van der Waals surface area contributed by atoms with Crippen LogP contribution in [0.1, 0.15) is 5.56 Å². The van der Waals surface area contributed by atoms with Gasteiger partial charge in [-0.15, -0.1) is 0 Å². The van der Waals surface area contributed by atoms with E-state index in [0.29, 0.717) is 6.61 Å². The Morgan fingerprint density at radius 1 is 0.812 bits per heavy atom. The Morgan fingerprint density at radius 2 is 1.44 bits per heavy atom. The van der Waals surface area contributed by atoms with Crippen LogP contribution in [0.2, 0.25) is 0 Å². The van der Waals surface area contributed by atoms with E-state index < -0.39 is 0 Å². The van der Waals surface area contributed by atoms with Gasteiger partial charge in [0.05, 0.1) is 0 Å². The van der Waals surface area contributed by atoms with Gasteiger partial charge in [0.15, 0.2) is 0 Å². The minimum absolute atomic E-state index is 0.596. The van der Waals surface area contributed by atoms with Crippen LogP contribution in [0, 0.1) is 0 Å². The van der Waals surface area contributed by atoms with E-state index in [1.165, 1.54) is 5.56 Å². The summed E-state index contributed by atoms with van der Waals surface area (Å²) in [5, 5.41) is 0. The van der Waals surface area contributed by atoms with Crippen LogP contribution in [-0.2, 0) is 0 Å². The zero-order valence-corrected chi connectivity index (χ0v) is 9.04. The molecule has 0 aliphatic rings. The van der Waals surface area contributed by atoms with E-state index in [0.717, 1.165) is 5.75 Å². The summed E-state index contributed by atoms with van der Waals surface area (Å²) in [6, 6.07) is 20.0. The van der Waals surface area contributed by atoms with Gasteiger partial charge in [-0.05, 0) is 23.8 Å². The van der Waals surface area contributed by atoms with Gasteiger partial charge in [-0.25, -0.2) is 0 Å². The molecule has 0 atom stereocenters. The van der Waals surface area contributed by atoms with Gasteiger partial charge in [0, 0.05) is 0 Å². The second kappa shape index (κ2) is 5.76. The first-order chi connectivity index (χ1) is 7.95. The smallest absolute Gasteiger partial charge is 0.119 e. The van der Waals surface area contributed by atoms with Crippen molar-refractivity contribution in [1.82, 2.24) is 0 Å². The average Bonchev–Trinajstić information content (AvgIpc) is 2.37. The van der Waals surface area contributed by atoms with Gasteiger partial charge in [-0.2, -0.15) is 0 Å². The van der Waals surface area contributed by atoms with E-state index >= 15 is 0 Å². The lowest BCUT2D eigenvalue weighted by Gasteiger charge is -2.01.